The number of nitrogens with one attached hydrogen (secondary N) is 1. The lowest BCUT2D eigenvalue weighted by molar-refractivity contribution is 0.573. The summed E-state index contributed by atoms with van der Waals surface area (Å²) >= 11 is 11.9. The van der Waals surface area contributed by atoms with Gasteiger partial charge in [0.15, 0.2) is 0 Å². The minimum absolute atomic E-state index is 0.0761. The van der Waals surface area contributed by atoms with Crippen molar-refractivity contribution in [3.05, 3.63) is 33.8 Å². The minimum atomic E-state index is -3.40. The van der Waals surface area contributed by atoms with E-state index in [1.807, 2.05) is 0 Å². The zero-order valence-electron chi connectivity index (χ0n) is 12.7. The fraction of sp³-hybridized carbons (Fsp3) is 0.533. The Morgan fingerprint density at radius 3 is 2.32 bits per heavy atom. The monoisotopic (exact) mass is 364 g/mol. The summed E-state index contributed by atoms with van der Waals surface area (Å²) in [5.41, 5.74) is 0.494. The number of benzene rings is 1. The van der Waals surface area contributed by atoms with Gasteiger partial charge in [0.2, 0.25) is 10.0 Å². The molecule has 0 heterocycles. The number of halogens is 2. The van der Waals surface area contributed by atoms with E-state index >= 15 is 0 Å². The first-order chi connectivity index (χ1) is 10.5. The van der Waals surface area contributed by atoms with Crippen LogP contribution in [0.5, 0.6) is 0 Å². The van der Waals surface area contributed by atoms with Crippen LogP contribution in [0.3, 0.4) is 0 Å². The summed E-state index contributed by atoms with van der Waals surface area (Å²) in [6, 6.07) is 5.05. The SMILES string of the molecule is CCCCCCCCS(=O)(=O)NN=Cc1c(Cl)cccc1Cl. The summed E-state index contributed by atoms with van der Waals surface area (Å²) in [6.07, 6.45) is 7.49. The maximum Gasteiger partial charge on any atom is 0.247 e. The molecule has 0 amide bonds. The van der Waals surface area contributed by atoms with Crippen molar-refractivity contribution in [2.45, 2.75) is 45.4 Å². The largest absolute Gasteiger partial charge is 0.247 e. The van der Waals surface area contributed by atoms with E-state index in [1.54, 1.807) is 18.2 Å². The van der Waals surface area contributed by atoms with Gasteiger partial charge in [-0.25, -0.2) is 13.2 Å². The van der Waals surface area contributed by atoms with E-state index in [9.17, 15) is 8.42 Å². The van der Waals surface area contributed by atoms with E-state index in [-0.39, 0.29) is 5.75 Å². The Hall–Kier alpha value is -0.780. The summed E-state index contributed by atoms with van der Waals surface area (Å²) in [6.45, 7) is 2.15. The van der Waals surface area contributed by atoms with E-state index < -0.39 is 10.0 Å². The van der Waals surface area contributed by atoms with Crippen LogP contribution in [0.25, 0.3) is 0 Å². The first-order valence-corrected chi connectivity index (χ1v) is 9.83. The maximum absolute atomic E-state index is 11.8. The van der Waals surface area contributed by atoms with Gasteiger partial charge in [0, 0.05) is 5.56 Å². The van der Waals surface area contributed by atoms with Crippen LogP contribution in [0.4, 0.5) is 0 Å². The van der Waals surface area contributed by atoms with Gasteiger partial charge in [-0.1, -0.05) is 68.3 Å². The van der Waals surface area contributed by atoms with Gasteiger partial charge in [0.1, 0.15) is 0 Å². The smallest absolute Gasteiger partial charge is 0.205 e. The summed E-state index contributed by atoms with van der Waals surface area (Å²) in [5.74, 6) is 0.0761. The molecule has 7 heteroatoms. The van der Waals surface area contributed by atoms with Crippen molar-refractivity contribution < 1.29 is 8.42 Å². The van der Waals surface area contributed by atoms with Gasteiger partial charge in [0.05, 0.1) is 22.0 Å². The standard InChI is InChI=1S/C15H22Cl2N2O2S/c1-2-3-4-5-6-7-11-22(20,21)19-18-12-13-14(16)9-8-10-15(13)17/h8-10,12,19H,2-7,11H2,1H3. The Morgan fingerprint density at radius 1 is 1.09 bits per heavy atom. The average molecular weight is 365 g/mol. The van der Waals surface area contributed by atoms with Crippen LogP contribution < -0.4 is 4.83 Å². The zero-order valence-corrected chi connectivity index (χ0v) is 15.0. The van der Waals surface area contributed by atoms with Crippen LogP contribution in [0.15, 0.2) is 23.3 Å². The third kappa shape index (κ3) is 7.47. The third-order valence-corrected chi connectivity index (χ3v) is 5.02. The number of hydrogen-bond acceptors (Lipinski definition) is 3. The van der Waals surface area contributed by atoms with E-state index in [0.717, 1.165) is 19.3 Å². The molecule has 1 aromatic rings. The highest BCUT2D eigenvalue weighted by atomic mass is 35.5. The number of hydrogen-bond donors (Lipinski definition) is 1. The van der Waals surface area contributed by atoms with Crippen LogP contribution in [0, 0.1) is 0 Å². The molecule has 1 aromatic carbocycles. The van der Waals surface area contributed by atoms with Crippen LogP contribution in [0.2, 0.25) is 10.0 Å². The highest BCUT2D eigenvalue weighted by Crippen LogP contribution is 2.22. The predicted molar refractivity (Wildman–Crippen MR) is 94.4 cm³/mol. The number of hydrazone groups is 1. The summed E-state index contributed by atoms with van der Waals surface area (Å²) in [4.78, 5) is 2.19. The average Bonchev–Trinajstić information content (AvgIpc) is 2.46. The molecule has 0 saturated carbocycles. The van der Waals surface area contributed by atoms with Crippen molar-refractivity contribution in [3.8, 4) is 0 Å². The van der Waals surface area contributed by atoms with Crippen molar-refractivity contribution in [2.75, 3.05) is 5.75 Å². The molecule has 4 nitrogen and oxygen atoms in total. The number of sulfonamides is 1. The normalized spacial score (nSPS) is 12.0. The first-order valence-electron chi connectivity index (χ1n) is 7.43. The van der Waals surface area contributed by atoms with Crippen molar-refractivity contribution in [1.82, 2.24) is 4.83 Å². The summed E-state index contributed by atoms with van der Waals surface area (Å²) in [5, 5.41) is 4.58. The molecular weight excluding hydrogens is 343 g/mol. The molecule has 124 valence electrons. The van der Waals surface area contributed by atoms with Gasteiger partial charge in [-0.15, -0.1) is 0 Å². The highest BCUT2D eigenvalue weighted by Gasteiger charge is 2.08. The molecule has 0 saturated heterocycles. The van der Waals surface area contributed by atoms with Gasteiger partial charge >= 0.3 is 0 Å². The molecule has 0 spiro atoms. The van der Waals surface area contributed by atoms with Gasteiger partial charge in [0.25, 0.3) is 0 Å². The molecule has 1 N–H and O–H groups in total. The minimum Gasteiger partial charge on any atom is -0.205 e. The van der Waals surface area contributed by atoms with E-state index in [1.165, 1.54) is 19.1 Å². The zero-order chi connectivity index (χ0) is 16.4. The van der Waals surface area contributed by atoms with Crippen molar-refractivity contribution >= 4 is 39.4 Å². The van der Waals surface area contributed by atoms with Crippen LogP contribution in [-0.4, -0.2) is 20.4 Å². The van der Waals surface area contributed by atoms with Gasteiger partial charge < -0.3 is 0 Å². The van der Waals surface area contributed by atoms with Crippen LogP contribution >= 0.6 is 23.2 Å². The Kier molecular flexibility index (Phi) is 8.83. The number of unbranched alkanes of at least 4 members (excludes halogenated alkanes) is 5. The Labute approximate surface area is 142 Å². The Balaban J connectivity index is 2.40. The number of nitrogens with zero attached hydrogens (tertiary/aromatic N) is 1. The molecule has 0 aliphatic heterocycles. The fourth-order valence-electron chi connectivity index (χ4n) is 1.92. The van der Waals surface area contributed by atoms with Crippen LogP contribution in [-0.2, 0) is 10.0 Å². The van der Waals surface area contributed by atoms with Crippen molar-refractivity contribution in [3.63, 3.8) is 0 Å². The lowest BCUT2D eigenvalue weighted by Gasteiger charge is -2.04. The number of rotatable bonds is 10. The molecule has 0 bridgehead atoms. The van der Waals surface area contributed by atoms with E-state index in [0.29, 0.717) is 22.0 Å². The van der Waals surface area contributed by atoms with Gasteiger partial charge in [-0.2, -0.15) is 5.10 Å². The van der Waals surface area contributed by atoms with E-state index in [4.69, 9.17) is 23.2 Å². The van der Waals surface area contributed by atoms with Crippen molar-refractivity contribution in [1.29, 1.82) is 0 Å². The van der Waals surface area contributed by atoms with Crippen LogP contribution in [0.1, 0.15) is 51.0 Å². The predicted octanol–water partition coefficient (Wildman–Crippen LogP) is 4.61. The second-order valence-corrected chi connectivity index (χ2v) is 7.71. The molecule has 1 rings (SSSR count). The highest BCUT2D eigenvalue weighted by molar-refractivity contribution is 7.89. The molecule has 0 unspecified atom stereocenters. The molecular formula is C15H22Cl2N2O2S. The molecule has 0 fully saturated rings. The van der Waals surface area contributed by atoms with Gasteiger partial charge in [-0.3, -0.25) is 0 Å². The molecule has 22 heavy (non-hydrogen) atoms. The van der Waals surface area contributed by atoms with E-state index in [2.05, 4.69) is 16.9 Å². The third-order valence-electron chi connectivity index (χ3n) is 3.15. The fourth-order valence-corrected chi connectivity index (χ4v) is 3.31. The Bertz CT molecular complexity index is 569. The summed E-state index contributed by atoms with van der Waals surface area (Å²) < 4.78 is 23.6. The summed E-state index contributed by atoms with van der Waals surface area (Å²) in [7, 11) is -3.40. The molecule has 0 aliphatic carbocycles. The maximum atomic E-state index is 11.8. The second-order valence-electron chi connectivity index (χ2n) is 5.07. The quantitative estimate of drug-likeness (QED) is 0.374. The molecule has 0 aromatic heterocycles. The molecule has 0 atom stereocenters. The molecule has 0 aliphatic rings. The molecule has 0 radical (unpaired) electrons. The lowest BCUT2D eigenvalue weighted by Crippen LogP contribution is -2.21. The second kappa shape index (κ2) is 10.1. The Morgan fingerprint density at radius 2 is 1.68 bits per heavy atom. The van der Waals surface area contributed by atoms with Crippen molar-refractivity contribution in [2.24, 2.45) is 5.10 Å². The topological polar surface area (TPSA) is 58.5 Å². The van der Waals surface area contributed by atoms with Gasteiger partial charge in [-0.05, 0) is 18.6 Å². The first kappa shape index (κ1) is 19.3. The lowest BCUT2D eigenvalue weighted by atomic mass is 10.1.